The first-order chi connectivity index (χ1) is 14.0. The number of thiophene rings is 1. The van der Waals surface area contributed by atoms with Crippen LogP contribution in [-0.2, 0) is 11.2 Å². The van der Waals surface area contributed by atoms with E-state index in [0.29, 0.717) is 18.5 Å². The third-order valence-electron chi connectivity index (χ3n) is 4.89. The summed E-state index contributed by atoms with van der Waals surface area (Å²) in [5, 5.41) is 9.06. The van der Waals surface area contributed by atoms with Crippen LogP contribution in [0.1, 0.15) is 29.8 Å². The Kier molecular flexibility index (Phi) is 7.52. The van der Waals surface area contributed by atoms with E-state index in [9.17, 15) is 4.79 Å². The zero-order chi connectivity index (χ0) is 20.6. The lowest BCUT2D eigenvalue weighted by molar-refractivity contribution is -0.127. The van der Waals surface area contributed by atoms with E-state index < -0.39 is 0 Å². The highest BCUT2D eigenvalue weighted by Gasteiger charge is 2.22. The maximum Gasteiger partial charge on any atom is 0.243 e. The van der Waals surface area contributed by atoms with Crippen LogP contribution < -0.4 is 15.4 Å². The molecule has 0 saturated heterocycles. The number of aliphatic imine (C=N–C) groups is 1. The van der Waals surface area contributed by atoms with Crippen LogP contribution in [0.5, 0.6) is 5.75 Å². The second kappa shape index (κ2) is 10.3. The first-order valence-corrected chi connectivity index (χ1v) is 10.9. The monoisotopic (exact) mass is 414 g/mol. The summed E-state index contributed by atoms with van der Waals surface area (Å²) in [6.45, 7) is 3.78. The Hall–Kier alpha value is -2.54. The summed E-state index contributed by atoms with van der Waals surface area (Å²) in [7, 11) is 3.49. The van der Waals surface area contributed by atoms with E-state index in [0.717, 1.165) is 30.7 Å². The molecule has 6 nitrogen and oxygen atoms in total. The van der Waals surface area contributed by atoms with Crippen LogP contribution in [0.25, 0.3) is 0 Å². The molecule has 2 heterocycles. The summed E-state index contributed by atoms with van der Waals surface area (Å²) < 4.78 is 5.76. The van der Waals surface area contributed by atoms with E-state index in [1.54, 1.807) is 30.3 Å². The first kappa shape index (κ1) is 21.2. The van der Waals surface area contributed by atoms with Gasteiger partial charge in [0.15, 0.2) is 5.96 Å². The molecule has 1 aromatic heterocycles. The van der Waals surface area contributed by atoms with Crippen molar-refractivity contribution >= 4 is 23.2 Å². The van der Waals surface area contributed by atoms with Crippen LogP contribution in [0.4, 0.5) is 0 Å². The van der Waals surface area contributed by atoms with Crippen molar-refractivity contribution in [1.82, 2.24) is 15.5 Å². The lowest BCUT2D eigenvalue weighted by Gasteiger charge is -2.28. The molecule has 1 aliphatic heterocycles. The molecule has 7 heteroatoms. The number of fused-ring (bicyclic) bond motifs is 1. The molecule has 1 aliphatic rings. The maximum atomic E-state index is 12.0. The minimum Gasteiger partial charge on any atom is -0.493 e. The molecular weight excluding hydrogens is 384 g/mol. The fourth-order valence-electron chi connectivity index (χ4n) is 3.21. The first-order valence-electron chi connectivity index (χ1n) is 10.0. The SMILES string of the molecule is CC(CNC(=NCC(=O)N(C)C)NC1CCOc2ccccc21)Cc1cccs1. The van der Waals surface area contributed by atoms with Crippen LogP contribution in [-0.4, -0.2) is 50.6 Å². The molecule has 0 bridgehead atoms. The Labute approximate surface area is 177 Å². The van der Waals surface area contributed by atoms with Crippen molar-refractivity contribution < 1.29 is 9.53 Å². The number of likely N-dealkylation sites (N-methyl/N-ethyl adjacent to an activating group) is 1. The largest absolute Gasteiger partial charge is 0.493 e. The van der Waals surface area contributed by atoms with E-state index >= 15 is 0 Å². The van der Waals surface area contributed by atoms with Crippen LogP contribution >= 0.6 is 11.3 Å². The molecule has 29 heavy (non-hydrogen) atoms. The number of rotatable bonds is 7. The topological polar surface area (TPSA) is 66.0 Å². The molecular formula is C22H30N4O2S. The van der Waals surface area contributed by atoms with Crippen LogP contribution in [0.3, 0.4) is 0 Å². The smallest absolute Gasteiger partial charge is 0.243 e. The molecule has 0 saturated carbocycles. The number of carbonyl (C=O) groups excluding carboxylic acids is 1. The van der Waals surface area contributed by atoms with Gasteiger partial charge in [0.2, 0.25) is 5.91 Å². The highest BCUT2D eigenvalue weighted by Crippen LogP contribution is 2.31. The predicted octanol–water partition coefficient (Wildman–Crippen LogP) is 3.07. The quantitative estimate of drug-likeness (QED) is 0.540. The highest BCUT2D eigenvalue weighted by atomic mass is 32.1. The molecule has 2 N–H and O–H groups in total. The van der Waals surface area contributed by atoms with Gasteiger partial charge in [-0.2, -0.15) is 0 Å². The number of nitrogens with one attached hydrogen (secondary N) is 2. The Balaban J connectivity index is 1.66. The summed E-state index contributed by atoms with van der Waals surface area (Å²) in [4.78, 5) is 19.5. The number of carbonyl (C=O) groups is 1. The minimum absolute atomic E-state index is 0.0230. The van der Waals surface area contributed by atoms with Gasteiger partial charge in [-0.25, -0.2) is 4.99 Å². The van der Waals surface area contributed by atoms with Crippen molar-refractivity contribution in [3.05, 3.63) is 52.2 Å². The van der Waals surface area contributed by atoms with Gasteiger partial charge in [-0.1, -0.05) is 31.2 Å². The molecule has 1 amide bonds. The maximum absolute atomic E-state index is 12.0. The highest BCUT2D eigenvalue weighted by molar-refractivity contribution is 7.09. The molecule has 2 aromatic rings. The van der Waals surface area contributed by atoms with Crippen LogP contribution in [0.15, 0.2) is 46.8 Å². The van der Waals surface area contributed by atoms with Crippen molar-refractivity contribution in [2.75, 3.05) is 33.8 Å². The number of guanidine groups is 1. The number of benzene rings is 1. The van der Waals surface area contributed by atoms with Gasteiger partial charge in [-0.15, -0.1) is 11.3 Å². The molecule has 0 radical (unpaired) electrons. The Morgan fingerprint density at radius 2 is 2.14 bits per heavy atom. The lowest BCUT2D eigenvalue weighted by Crippen LogP contribution is -2.43. The van der Waals surface area contributed by atoms with Crippen molar-refractivity contribution in [2.24, 2.45) is 10.9 Å². The Morgan fingerprint density at radius 1 is 1.31 bits per heavy atom. The van der Waals surface area contributed by atoms with Gasteiger partial charge in [-0.05, 0) is 29.9 Å². The molecule has 0 aliphatic carbocycles. The third kappa shape index (κ3) is 6.22. The number of para-hydroxylation sites is 1. The van der Waals surface area contributed by atoms with E-state index in [1.807, 2.05) is 18.2 Å². The molecule has 2 unspecified atom stereocenters. The van der Waals surface area contributed by atoms with Crippen molar-refractivity contribution in [3.8, 4) is 5.75 Å². The zero-order valence-electron chi connectivity index (χ0n) is 17.4. The summed E-state index contributed by atoms with van der Waals surface area (Å²) in [5.41, 5.74) is 1.12. The van der Waals surface area contributed by atoms with E-state index in [4.69, 9.17) is 4.74 Å². The molecule has 0 fully saturated rings. The van der Waals surface area contributed by atoms with Crippen LogP contribution in [0, 0.1) is 5.92 Å². The summed E-state index contributed by atoms with van der Waals surface area (Å²) in [6.07, 6.45) is 1.87. The van der Waals surface area contributed by atoms with Crippen molar-refractivity contribution in [3.63, 3.8) is 0 Å². The van der Waals surface area contributed by atoms with Gasteiger partial charge in [0.25, 0.3) is 0 Å². The number of hydrogen-bond donors (Lipinski definition) is 2. The minimum atomic E-state index is -0.0230. The standard InChI is InChI=1S/C22H30N4O2S/c1-16(13-17-7-6-12-29-17)14-23-22(24-15-21(27)26(2)3)25-19-10-11-28-20-9-5-4-8-18(19)20/h4-9,12,16,19H,10-11,13-15H2,1-3H3,(H2,23,24,25). The number of nitrogens with zero attached hydrogens (tertiary/aromatic N) is 2. The van der Waals surface area contributed by atoms with E-state index in [1.165, 1.54) is 4.88 Å². The number of hydrogen-bond acceptors (Lipinski definition) is 4. The lowest BCUT2D eigenvalue weighted by atomic mass is 10.0. The third-order valence-corrected chi connectivity index (χ3v) is 5.79. The second-order valence-electron chi connectivity index (χ2n) is 7.59. The van der Waals surface area contributed by atoms with Crippen molar-refractivity contribution in [2.45, 2.75) is 25.8 Å². The average Bonchev–Trinajstić information content (AvgIpc) is 3.22. The van der Waals surface area contributed by atoms with Gasteiger partial charge < -0.3 is 20.3 Å². The van der Waals surface area contributed by atoms with Gasteiger partial charge in [0.1, 0.15) is 12.3 Å². The zero-order valence-corrected chi connectivity index (χ0v) is 18.2. The predicted molar refractivity (Wildman–Crippen MR) is 119 cm³/mol. The molecule has 1 aromatic carbocycles. The summed E-state index contributed by atoms with van der Waals surface area (Å²) in [5.74, 6) is 2.00. The fraction of sp³-hybridized carbons (Fsp3) is 0.455. The summed E-state index contributed by atoms with van der Waals surface area (Å²) in [6, 6.07) is 12.4. The second-order valence-corrected chi connectivity index (χ2v) is 8.63. The number of ether oxygens (including phenoxy) is 1. The molecule has 2 atom stereocenters. The Bertz CT molecular complexity index is 820. The fourth-order valence-corrected chi connectivity index (χ4v) is 4.08. The average molecular weight is 415 g/mol. The van der Waals surface area contributed by atoms with Gasteiger partial charge in [0, 0.05) is 37.5 Å². The normalized spacial score (nSPS) is 17.1. The molecule has 3 rings (SSSR count). The van der Waals surface area contributed by atoms with Crippen LogP contribution in [0.2, 0.25) is 0 Å². The van der Waals surface area contributed by atoms with Gasteiger partial charge >= 0.3 is 0 Å². The summed E-state index contributed by atoms with van der Waals surface area (Å²) >= 11 is 1.79. The van der Waals surface area contributed by atoms with Crippen molar-refractivity contribution in [1.29, 1.82) is 0 Å². The molecule has 0 spiro atoms. The van der Waals surface area contributed by atoms with E-state index in [-0.39, 0.29) is 18.5 Å². The van der Waals surface area contributed by atoms with E-state index in [2.05, 4.69) is 46.1 Å². The number of amides is 1. The molecule has 156 valence electrons. The Morgan fingerprint density at radius 3 is 2.90 bits per heavy atom. The van der Waals surface area contributed by atoms with Gasteiger partial charge in [-0.3, -0.25) is 4.79 Å². The van der Waals surface area contributed by atoms with Gasteiger partial charge in [0.05, 0.1) is 12.6 Å².